The molecule has 1 aliphatic rings. The Morgan fingerprint density at radius 2 is 2.20 bits per heavy atom. The average Bonchev–Trinajstić information content (AvgIpc) is 2.12. The number of carbonyl (C=O) groups is 1. The van der Waals surface area contributed by atoms with Gasteiger partial charge in [0.05, 0.1) is 12.0 Å². The maximum absolute atomic E-state index is 11.5. The minimum atomic E-state index is -0.430. The number of morpholine rings is 1. The van der Waals surface area contributed by atoms with Gasteiger partial charge in [-0.25, -0.2) is 0 Å². The highest BCUT2D eigenvalue weighted by atomic mass is 16.6. The van der Waals surface area contributed by atoms with E-state index in [1.54, 1.807) is 0 Å². The van der Waals surface area contributed by atoms with Gasteiger partial charge >= 0.3 is 5.97 Å². The molecule has 1 aliphatic heterocycles. The maximum atomic E-state index is 11.5. The minimum absolute atomic E-state index is 0.0232. The number of hydrogen-bond donors (Lipinski definition) is 0. The van der Waals surface area contributed by atoms with Gasteiger partial charge in [-0.15, -0.1) is 0 Å². The van der Waals surface area contributed by atoms with Crippen LogP contribution in [0.1, 0.15) is 20.8 Å². The standard InChI is InChI=1S/C11H21NO3/c1-11(2,3)10(13)15-8-9-7-12(4)5-6-14-9/h9H,5-8H2,1-4H3. The summed E-state index contributed by atoms with van der Waals surface area (Å²) in [5.74, 6) is -0.167. The predicted octanol–water partition coefficient (Wildman–Crippen LogP) is 0.906. The Kier molecular flexibility index (Phi) is 4.11. The van der Waals surface area contributed by atoms with Crippen molar-refractivity contribution in [3.05, 3.63) is 0 Å². The van der Waals surface area contributed by atoms with Crippen LogP contribution in [0.25, 0.3) is 0 Å². The first-order chi connectivity index (χ1) is 6.89. The Balaban J connectivity index is 2.28. The van der Waals surface area contributed by atoms with Crippen LogP contribution in [-0.4, -0.2) is 50.3 Å². The first-order valence-corrected chi connectivity index (χ1v) is 5.37. The van der Waals surface area contributed by atoms with Crippen molar-refractivity contribution in [2.75, 3.05) is 33.4 Å². The molecule has 0 amide bonds. The third kappa shape index (κ3) is 4.18. The van der Waals surface area contributed by atoms with Crippen molar-refractivity contribution in [1.29, 1.82) is 0 Å². The number of carbonyl (C=O) groups excluding carboxylic acids is 1. The van der Waals surface area contributed by atoms with Gasteiger partial charge in [-0.2, -0.15) is 0 Å². The van der Waals surface area contributed by atoms with Crippen molar-refractivity contribution >= 4 is 5.97 Å². The van der Waals surface area contributed by atoms with Gasteiger partial charge in [0.15, 0.2) is 0 Å². The van der Waals surface area contributed by atoms with E-state index in [1.165, 1.54) is 0 Å². The smallest absolute Gasteiger partial charge is 0.311 e. The van der Waals surface area contributed by atoms with Gasteiger partial charge in [-0.3, -0.25) is 4.79 Å². The van der Waals surface area contributed by atoms with Crippen molar-refractivity contribution in [3.63, 3.8) is 0 Å². The SMILES string of the molecule is CN1CCOC(COC(=O)C(C)(C)C)C1. The van der Waals surface area contributed by atoms with Crippen molar-refractivity contribution < 1.29 is 14.3 Å². The molecule has 1 unspecified atom stereocenters. The molecule has 1 atom stereocenters. The fraction of sp³-hybridized carbons (Fsp3) is 0.909. The summed E-state index contributed by atoms with van der Waals surface area (Å²) >= 11 is 0. The number of rotatable bonds is 2. The molecule has 1 heterocycles. The van der Waals surface area contributed by atoms with Crippen LogP contribution in [-0.2, 0) is 14.3 Å². The second kappa shape index (κ2) is 4.94. The number of esters is 1. The molecule has 0 radical (unpaired) electrons. The fourth-order valence-electron chi connectivity index (χ4n) is 1.35. The molecule has 0 aromatic rings. The lowest BCUT2D eigenvalue weighted by Crippen LogP contribution is -2.43. The lowest BCUT2D eigenvalue weighted by Gasteiger charge is -2.30. The molecule has 0 aromatic heterocycles. The molecule has 1 fully saturated rings. The van der Waals surface area contributed by atoms with Crippen LogP contribution in [0.15, 0.2) is 0 Å². The molecule has 4 nitrogen and oxygen atoms in total. The summed E-state index contributed by atoms with van der Waals surface area (Å²) in [6, 6.07) is 0. The monoisotopic (exact) mass is 215 g/mol. The normalized spacial score (nSPS) is 23.9. The third-order valence-corrected chi connectivity index (χ3v) is 2.35. The molecular formula is C11H21NO3. The second-order valence-corrected chi connectivity index (χ2v) is 5.10. The van der Waals surface area contributed by atoms with E-state index in [2.05, 4.69) is 4.90 Å². The zero-order valence-electron chi connectivity index (χ0n) is 10.1. The third-order valence-electron chi connectivity index (χ3n) is 2.35. The van der Waals surface area contributed by atoms with Crippen molar-refractivity contribution in [3.8, 4) is 0 Å². The van der Waals surface area contributed by atoms with Crippen LogP contribution >= 0.6 is 0 Å². The van der Waals surface area contributed by atoms with E-state index in [0.29, 0.717) is 13.2 Å². The van der Waals surface area contributed by atoms with E-state index >= 15 is 0 Å². The molecule has 1 rings (SSSR count). The molecule has 1 saturated heterocycles. The zero-order valence-corrected chi connectivity index (χ0v) is 10.1. The lowest BCUT2D eigenvalue weighted by atomic mass is 9.97. The van der Waals surface area contributed by atoms with E-state index < -0.39 is 5.41 Å². The first kappa shape index (κ1) is 12.5. The van der Waals surface area contributed by atoms with Crippen LogP contribution in [0.5, 0.6) is 0 Å². The van der Waals surface area contributed by atoms with Crippen LogP contribution in [0.3, 0.4) is 0 Å². The zero-order chi connectivity index (χ0) is 11.5. The predicted molar refractivity (Wildman–Crippen MR) is 57.7 cm³/mol. The number of nitrogens with zero attached hydrogens (tertiary/aromatic N) is 1. The fourth-order valence-corrected chi connectivity index (χ4v) is 1.35. The largest absolute Gasteiger partial charge is 0.462 e. The number of ether oxygens (including phenoxy) is 2. The summed E-state index contributed by atoms with van der Waals surface area (Å²) in [7, 11) is 2.04. The van der Waals surface area contributed by atoms with Crippen molar-refractivity contribution in [2.24, 2.45) is 5.41 Å². The summed E-state index contributed by atoms with van der Waals surface area (Å²) in [5, 5.41) is 0. The molecule has 4 heteroatoms. The molecular weight excluding hydrogens is 194 g/mol. The summed E-state index contributed by atoms with van der Waals surface area (Å²) in [4.78, 5) is 13.7. The number of hydrogen-bond acceptors (Lipinski definition) is 4. The molecule has 88 valence electrons. The summed E-state index contributed by atoms with van der Waals surface area (Å²) in [5.41, 5.74) is -0.430. The highest BCUT2D eigenvalue weighted by Crippen LogP contribution is 2.15. The Labute approximate surface area is 91.5 Å². The summed E-state index contributed by atoms with van der Waals surface area (Å²) in [6.45, 7) is 8.41. The molecule has 0 aromatic carbocycles. The van der Waals surface area contributed by atoms with E-state index in [0.717, 1.165) is 13.1 Å². The maximum Gasteiger partial charge on any atom is 0.311 e. The van der Waals surface area contributed by atoms with Gasteiger partial charge in [0, 0.05) is 13.1 Å². The Hall–Kier alpha value is -0.610. The first-order valence-electron chi connectivity index (χ1n) is 5.37. The van der Waals surface area contributed by atoms with E-state index in [4.69, 9.17) is 9.47 Å². The van der Waals surface area contributed by atoms with Gasteiger partial charge in [-0.05, 0) is 27.8 Å². The molecule has 15 heavy (non-hydrogen) atoms. The molecule has 0 spiro atoms. The van der Waals surface area contributed by atoms with Crippen LogP contribution in [0, 0.1) is 5.41 Å². The average molecular weight is 215 g/mol. The second-order valence-electron chi connectivity index (χ2n) is 5.10. The summed E-state index contributed by atoms with van der Waals surface area (Å²) in [6.07, 6.45) is 0.0232. The van der Waals surface area contributed by atoms with Crippen molar-refractivity contribution in [1.82, 2.24) is 4.90 Å². The van der Waals surface area contributed by atoms with Gasteiger partial charge < -0.3 is 14.4 Å². The van der Waals surface area contributed by atoms with E-state index in [-0.39, 0.29) is 12.1 Å². The molecule has 0 N–H and O–H groups in total. The molecule has 0 aliphatic carbocycles. The highest BCUT2D eigenvalue weighted by molar-refractivity contribution is 5.75. The topological polar surface area (TPSA) is 38.8 Å². The van der Waals surface area contributed by atoms with Crippen molar-refractivity contribution in [2.45, 2.75) is 26.9 Å². The Morgan fingerprint density at radius 1 is 1.53 bits per heavy atom. The molecule has 0 bridgehead atoms. The van der Waals surface area contributed by atoms with Gasteiger partial charge in [0.2, 0.25) is 0 Å². The van der Waals surface area contributed by atoms with Crippen LogP contribution < -0.4 is 0 Å². The van der Waals surface area contributed by atoms with Gasteiger partial charge in [-0.1, -0.05) is 0 Å². The molecule has 0 saturated carbocycles. The highest BCUT2D eigenvalue weighted by Gasteiger charge is 2.25. The lowest BCUT2D eigenvalue weighted by molar-refractivity contribution is -0.159. The van der Waals surface area contributed by atoms with Crippen LogP contribution in [0.2, 0.25) is 0 Å². The van der Waals surface area contributed by atoms with Gasteiger partial charge in [0.1, 0.15) is 12.7 Å². The quantitative estimate of drug-likeness (QED) is 0.642. The Morgan fingerprint density at radius 3 is 2.73 bits per heavy atom. The summed E-state index contributed by atoms with van der Waals surface area (Å²) < 4.78 is 10.7. The minimum Gasteiger partial charge on any atom is -0.462 e. The van der Waals surface area contributed by atoms with E-state index in [1.807, 2.05) is 27.8 Å². The van der Waals surface area contributed by atoms with Gasteiger partial charge in [0.25, 0.3) is 0 Å². The Bertz CT molecular complexity index is 222. The van der Waals surface area contributed by atoms with Crippen LogP contribution in [0.4, 0.5) is 0 Å². The van der Waals surface area contributed by atoms with E-state index in [9.17, 15) is 4.79 Å². The number of likely N-dealkylation sites (N-methyl/N-ethyl adjacent to an activating group) is 1.